The summed E-state index contributed by atoms with van der Waals surface area (Å²) in [5.41, 5.74) is 3.24. The SMILES string of the molecule is COc1cc(C(=O)Nc2ccc(Br)c(C)c2)ccc1OCc1ccc(Cl)cc1. The minimum absolute atomic E-state index is 0.218. The first-order chi connectivity index (χ1) is 13.5. The van der Waals surface area contributed by atoms with Gasteiger partial charge in [-0.25, -0.2) is 0 Å². The molecule has 0 aliphatic heterocycles. The largest absolute Gasteiger partial charge is 0.493 e. The number of nitrogens with one attached hydrogen (secondary N) is 1. The van der Waals surface area contributed by atoms with Crippen molar-refractivity contribution in [1.29, 1.82) is 0 Å². The van der Waals surface area contributed by atoms with E-state index < -0.39 is 0 Å². The molecule has 6 heteroatoms. The normalized spacial score (nSPS) is 10.4. The van der Waals surface area contributed by atoms with Gasteiger partial charge in [-0.2, -0.15) is 0 Å². The lowest BCUT2D eigenvalue weighted by molar-refractivity contribution is 0.102. The van der Waals surface area contributed by atoms with Gasteiger partial charge in [0.15, 0.2) is 11.5 Å². The van der Waals surface area contributed by atoms with E-state index in [0.717, 1.165) is 21.3 Å². The average molecular weight is 461 g/mol. The van der Waals surface area contributed by atoms with E-state index in [1.54, 1.807) is 25.3 Å². The van der Waals surface area contributed by atoms with E-state index in [9.17, 15) is 4.79 Å². The Bertz CT molecular complexity index is 990. The molecule has 0 aliphatic rings. The number of amides is 1. The number of anilines is 1. The molecule has 3 aromatic rings. The molecule has 0 saturated heterocycles. The molecule has 0 fully saturated rings. The van der Waals surface area contributed by atoms with Crippen molar-refractivity contribution in [2.75, 3.05) is 12.4 Å². The molecule has 1 N–H and O–H groups in total. The molecule has 0 bridgehead atoms. The maximum atomic E-state index is 12.6. The molecular formula is C22H19BrClNO3. The third kappa shape index (κ3) is 5.06. The quantitative estimate of drug-likeness (QED) is 0.473. The first-order valence-corrected chi connectivity index (χ1v) is 9.76. The molecule has 1 amide bonds. The maximum absolute atomic E-state index is 12.6. The molecule has 28 heavy (non-hydrogen) atoms. The molecule has 144 valence electrons. The summed E-state index contributed by atoms with van der Waals surface area (Å²) in [6.07, 6.45) is 0. The van der Waals surface area contributed by atoms with Crippen LogP contribution < -0.4 is 14.8 Å². The van der Waals surface area contributed by atoms with Crippen molar-refractivity contribution < 1.29 is 14.3 Å². The molecule has 4 nitrogen and oxygen atoms in total. The van der Waals surface area contributed by atoms with E-state index >= 15 is 0 Å². The summed E-state index contributed by atoms with van der Waals surface area (Å²) >= 11 is 9.35. The first kappa shape index (κ1) is 20.2. The Hall–Kier alpha value is -2.50. The molecule has 0 aromatic heterocycles. The molecule has 3 aromatic carbocycles. The predicted molar refractivity (Wildman–Crippen MR) is 116 cm³/mol. The van der Waals surface area contributed by atoms with Gasteiger partial charge in [-0.3, -0.25) is 4.79 Å². The molecule has 0 radical (unpaired) electrons. The van der Waals surface area contributed by atoms with Crippen molar-refractivity contribution in [3.63, 3.8) is 0 Å². The van der Waals surface area contributed by atoms with Crippen molar-refractivity contribution in [3.8, 4) is 11.5 Å². The van der Waals surface area contributed by atoms with Gasteiger partial charge in [-0.15, -0.1) is 0 Å². The third-order valence-corrected chi connectivity index (χ3v) is 5.29. The lowest BCUT2D eigenvalue weighted by atomic mass is 10.1. The second kappa shape index (κ2) is 9.13. The van der Waals surface area contributed by atoms with E-state index in [-0.39, 0.29) is 5.91 Å². The molecule has 0 atom stereocenters. The molecule has 0 aliphatic carbocycles. The Morgan fingerprint density at radius 2 is 1.79 bits per heavy atom. The van der Waals surface area contributed by atoms with Gasteiger partial charge in [0.1, 0.15) is 6.61 Å². The van der Waals surface area contributed by atoms with E-state index in [1.807, 2.05) is 49.4 Å². The number of hydrogen-bond acceptors (Lipinski definition) is 3. The van der Waals surface area contributed by atoms with Gasteiger partial charge in [-0.05, 0) is 66.6 Å². The molecular weight excluding hydrogens is 442 g/mol. The zero-order valence-corrected chi connectivity index (χ0v) is 17.8. The van der Waals surface area contributed by atoms with Crippen LogP contribution in [0.3, 0.4) is 0 Å². The summed E-state index contributed by atoms with van der Waals surface area (Å²) in [6, 6.07) is 18.2. The van der Waals surface area contributed by atoms with E-state index in [2.05, 4.69) is 21.2 Å². The summed E-state index contributed by atoms with van der Waals surface area (Å²) in [6.45, 7) is 2.34. The van der Waals surface area contributed by atoms with E-state index in [0.29, 0.717) is 28.7 Å². The van der Waals surface area contributed by atoms with Crippen molar-refractivity contribution in [2.45, 2.75) is 13.5 Å². The number of rotatable bonds is 6. The van der Waals surface area contributed by atoms with E-state index in [4.69, 9.17) is 21.1 Å². The van der Waals surface area contributed by atoms with Crippen LogP contribution >= 0.6 is 27.5 Å². The number of methoxy groups -OCH3 is 1. The highest BCUT2D eigenvalue weighted by Gasteiger charge is 2.12. The lowest BCUT2D eigenvalue weighted by Gasteiger charge is -2.13. The second-order valence-electron chi connectivity index (χ2n) is 6.20. The fourth-order valence-corrected chi connectivity index (χ4v) is 2.97. The molecule has 0 spiro atoms. The summed E-state index contributed by atoms with van der Waals surface area (Å²) in [7, 11) is 1.55. The summed E-state index contributed by atoms with van der Waals surface area (Å²) in [5.74, 6) is 0.839. The van der Waals surface area contributed by atoms with E-state index in [1.165, 1.54) is 0 Å². The van der Waals surface area contributed by atoms with Crippen LogP contribution in [0.25, 0.3) is 0 Å². The zero-order chi connectivity index (χ0) is 20.1. The van der Waals surface area contributed by atoms with Crippen molar-refractivity contribution in [2.24, 2.45) is 0 Å². The first-order valence-electron chi connectivity index (χ1n) is 8.59. The van der Waals surface area contributed by atoms with Gasteiger partial charge in [0.05, 0.1) is 7.11 Å². The number of carbonyl (C=O) groups excluding carboxylic acids is 1. The van der Waals surface area contributed by atoms with Gasteiger partial charge < -0.3 is 14.8 Å². The minimum atomic E-state index is -0.218. The third-order valence-electron chi connectivity index (χ3n) is 4.15. The van der Waals surface area contributed by atoms with Crippen molar-refractivity contribution in [3.05, 3.63) is 86.8 Å². The van der Waals surface area contributed by atoms with Crippen molar-refractivity contribution in [1.82, 2.24) is 0 Å². The summed E-state index contributed by atoms with van der Waals surface area (Å²) < 4.78 is 12.2. The van der Waals surface area contributed by atoms with Crippen LogP contribution in [0.15, 0.2) is 65.1 Å². The number of benzene rings is 3. The Balaban J connectivity index is 1.71. The Morgan fingerprint density at radius 1 is 1.04 bits per heavy atom. The van der Waals surface area contributed by atoms with Crippen LogP contribution in [0.4, 0.5) is 5.69 Å². The fraction of sp³-hybridized carbons (Fsp3) is 0.136. The molecule has 3 rings (SSSR count). The summed E-state index contributed by atoms with van der Waals surface area (Å²) in [5, 5.41) is 3.57. The lowest BCUT2D eigenvalue weighted by Crippen LogP contribution is -2.12. The highest BCUT2D eigenvalue weighted by Crippen LogP contribution is 2.29. The standard InChI is InChI=1S/C22H19BrClNO3/c1-14-11-18(8-9-19(14)23)25-22(26)16-5-10-20(21(12-16)27-2)28-13-15-3-6-17(24)7-4-15/h3-12H,13H2,1-2H3,(H,25,26). The highest BCUT2D eigenvalue weighted by molar-refractivity contribution is 9.10. The molecule has 0 unspecified atom stereocenters. The monoisotopic (exact) mass is 459 g/mol. The smallest absolute Gasteiger partial charge is 0.255 e. The number of hydrogen-bond donors (Lipinski definition) is 1. The fourth-order valence-electron chi connectivity index (χ4n) is 2.60. The minimum Gasteiger partial charge on any atom is -0.493 e. The van der Waals surface area contributed by atoms with Gasteiger partial charge >= 0.3 is 0 Å². The Labute approximate surface area is 177 Å². The van der Waals surface area contributed by atoms with Crippen LogP contribution in [0.5, 0.6) is 11.5 Å². The average Bonchev–Trinajstić information content (AvgIpc) is 2.70. The predicted octanol–water partition coefficient (Wildman–Crippen LogP) is 6.25. The summed E-state index contributed by atoms with van der Waals surface area (Å²) in [4.78, 5) is 12.6. The van der Waals surface area contributed by atoms with Crippen LogP contribution in [0, 0.1) is 6.92 Å². The van der Waals surface area contributed by atoms with Gasteiger partial charge in [0.2, 0.25) is 0 Å². The van der Waals surface area contributed by atoms with Gasteiger partial charge in [0, 0.05) is 20.7 Å². The van der Waals surface area contributed by atoms with Crippen LogP contribution in [-0.2, 0) is 6.61 Å². The molecule has 0 saturated carbocycles. The van der Waals surface area contributed by atoms with Crippen LogP contribution in [0.1, 0.15) is 21.5 Å². The Kier molecular flexibility index (Phi) is 6.60. The van der Waals surface area contributed by atoms with Crippen LogP contribution in [-0.4, -0.2) is 13.0 Å². The number of ether oxygens (including phenoxy) is 2. The number of carbonyl (C=O) groups is 1. The zero-order valence-electron chi connectivity index (χ0n) is 15.5. The van der Waals surface area contributed by atoms with Crippen molar-refractivity contribution >= 4 is 39.1 Å². The number of aryl methyl sites for hydroxylation is 1. The number of halogens is 2. The second-order valence-corrected chi connectivity index (χ2v) is 7.49. The molecule has 0 heterocycles. The topological polar surface area (TPSA) is 47.6 Å². The Morgan fingerprint density at radius 3 is 2.46 bits per heavy atom. The maximum Gasteiger partial charge on any atom is 0.255 e. The van der Waals surface area contributed by atoms with Gasteiger partial charge in [-0.1, -0.05) is 39.7 Å². The van der Waals surface area contributed by atoms with Crippen LogP contribution in [0.2, 0.25) is 5.02 Å². The van der Waals surface area contributed by atoms with Gasteiger partial charge in [0.25, 0.3) is 5.91 Å². The highest BCUT2D eigenvalue weighted by atomic mass is 79.9.